The van der Waals surface area contributed by atoms with Gasteiger partial charge in [0, 0.05) is 36.6 Å². The molecule has 1 fully saturated rings. The average Bonchev–Trinajstić information content (AvgIpc) is 2.97. The van der Waals surface area contributed by atoms with Gasteiger partial charge in [0.15, 0.2) is 0 Å². The first-order valence-electron chi connectivity index (χ1n) is 8.37. The highest BCUT2D eigenvalue weighted by Crippen LogP contribution is 2.17. The van der Waals surface area contributed by atoms with E-state index in [9.17, 15) is 4.79 Å². The van der Waals surface area contributed by atoms with Gasteiger partial charge >= 0.3 is 0 Å². The molecule has 3 rings (SSSR count). The van der Waals surface area contributed by atoms with Gasteiger partial charge in [-0.3, -0.25) is 4.79 Å². The molecule has 4 heteroatoms. The lowest BCUT2D eigenvalue weighted by Gasteiger charge is -2.25. The van der Waals surface area contributed by atoms with E-state index in [2.05, 4.69) is 33.4 Å². The van der Waals surface area contributed by atoms with Gasteiger partial charge in [-0.05, 0) is 44.0 Å². The third-order valence-corrected chi connectivity index (χ3v) is 4.50. The van der Waals surface area contributed by atoms with Gasteiger partial charge in [0.1, 0.15) is 0 Å². The third-order valence-electron chi connectivity index (χ3n) is 4.50. The third kappa shape index (κ3) is 3.89. The molecule has 0 radical (unpaired) electrons. The van der Waals surface area contributed by atoms with E-state index in [0.29, 0.717) is 13.0 Å². The molecule has 0 spiro atoms. The van der Waals surface area contributed by atoms with Gasteiger partial charge in [0.2, 0.25) is 5.91 Å². The molecule has 118 valence electrons. The van der Waals surface area contributed by atoms with Gasteiger partial charge in [-0.15, -0.1) is 0 Å². The minimum Gasteiger partial charge on any atom is -0.361 e. The second kappa shape index (κ2) is 7.45. The number of para-hydroxylation sites is 1. The van der Waals surface area contributed by atoms with Crippen molar-refractivity contribution in [3.8, 4) is 0 Å². The van der Waals surface area contributed by atoms with Crippen LogP contribution in [0.2, 0.25) is 0 Å². The molecule has 0 unspecified atom stereocenters. The summed E-state index contributed by atoms with van der Waals surface area (Å²) in [6, 6.07) is 8.29. The summed E-state index contributed by atoms with van der Waals surface area (Å²) in [5, 5.41) is 4.30. The number of carbonyl (C=O) groups is 1. The number of nitrogens with zero attached hydrogens (tertiary/aromatic N) is 1. The molecule has 1 aromatic carbocycles. The van der Waals surface area contributed by atoms with Crippen LogP contribution < -0.4 is 5.32 Å². The number of hydrogen-bond donors (Lipinski definition) is 2. The van der Waals surface area contributed by atoms with Crippen LogP contribution >= 0.6 is 0 Å². The number of amides is 1. The molecule has 1 saturated heterocycles. The number of likely N-dealkylation sites (tertiary alicyclic amines) is 1. The first kappa shape index (κ1) is 15.1. The number of aromatic amines is 1. The van der Waals surface area contributed by atoms with Crippen LogP contribution in [-0.4, -0.2) is 42.0 Å². The monoisotopic (exact) mass is 299 g/mol. The van der Waals surface area contributed by atoms with Crippen LogP contribution in [0.5, 0.6) is 0 Å². The minimum absolute atomic E-state index is 0.172. The summed E-state index contributed by atoms with van der Waals surface area (Å²) >= 11 is 0. The molecule has 2 N–H and O–H groups in total. The predicted molar refractivity (Wildman–Crippen MR) is 89.9 cm³/mol. The number of benzene rings is 1. The highest BCUT2D eigenvalue weighted by molar-refractivity contribution is 5.83. The van der Waals surface area contributed by atoms with Gasteiger partial charge in [0.05, 0.1) is 0 Å². The van der Waals surface area contributed by atoms with E-state index in [-0.39, 0.29) is 5.91 Å². The van der Waals surface area contributed by atoms with Crippen molar-refractivity contribution in [1.29, 1.82) is 0 Å². The zero-order chi connectivity index (χ0) is 15.2. The maximum Gasteiger partial charge on any atom is 0.221 e. The number of hydrogen-bond acceptors (Lipinski definition) is 2. The second-order valence-corrected chi connectivity index (χ2v) is 6.11. The van der Waals surface area contributed by atoms with Gasteiger partial charge in [0.25, 0.3) is 0 Å². The number of aromatic nitrogens is 1. The van der Waals surface area contributed by atoms with Crippen LogP contribution in [0.3, 0.4) is 0 Å². The van der Waals surface area contributed by atoms with Crippen LogP contribution in [0.4, 0.5) is 0 Å². The Labute approximate surface area is 131 Å². The standard InChI is InChI=1S/C18H25N3O/c22-18(9-13-21-11-4-1-5-12-21)19-10-8-15-14-20-17-7-3-2-6-16(15)17/h2-3,6-7,14,20H,1,4-5,8-13H2,(H,19,22). The Morgan fingerprint density at radius 2 is 2.00 bits per heavy atom. The van der Waals surface area contributed by atoms with E-state index in [0.717, 1.165) is 31.6 Å². The number of rotatable bonds is 6. The van der Waals surface area contributed by atoms with Crippen molar-refractivity contribution < 1.29 is 4.79 Å². The van der Waals surface area contributed by atoms with E-state index >= 15 is 0 Å². The SMILES string of the molecule is O=C(CCN1CCCCC1)NCCc1c[nH]c2ccccc12. The second-order valence-electron chi connectivity index (χ2n) is 6.11. The molecule has 2 aromatic rings. The number of nitrogens with one attached hydrogen (secondary N) is 2. The molecule has 4 nitrogen and oxygen atoms in total. The Bertz CT molecular complexity index is 614. The van der Waals surface area contributed by atoms with Crippen molar-refractivity contribution in [1.82, 2.24) is 15.2 Å². The quantitative estimate of drug-likeness (QED) is 0.861. The number of fused-ring (bicyclic) bond motifs is 1. The molecule has 1 aromatic heterocycles. The first-order valence-corrected chi connectivity index (χ1v) is 8.37. The fourth-order valence-corrected chi connectivity index (χ4v) is 3.21. The summed E-state index contributed by atoms with van der Waals surface area (Å²) in [5.74, 6) is 0.172. The van der Waals surface area contributed by atoms with Gasteiger partial charge in [-0.1, -0.05) is 24.6 Å². The highest BCUT2D eigenvalue weighted by Gasteiger charge is 2.11. The Balaban J connectivity index is 1.40. The summed E-state index contributed by atoms with van der Waals surface area (Å²) < 4.78 is 0. The number of carbonyl (C=O) groups excluding carboxylic acids is 1. The molecule has 22 heavy (non-hydrogen) atoms. The largest absolute Gasteiger partial charge is 0.361 e. The van der Waals surface area contributed by atoms with Crippen molar-refractivity contribution in [2.24, 2.45) is 0 Å². The molecule has 2 heterocycles. The van der Waals surface area contributed by atoms with Crippen LogP contribution in [0.15, 0.2) is 30.5 Å². The molecule has 0 saturated carbocycles. The average molecular weight is 299 g/mol. The molecule has 1 aliphatic rings. The van der Waals surface area contributed by atoms with Crippen LogP contribution in [-0.2, 0) is 11.2 Å². The van der Waals surface area contributed by atoms with Crippen molar-refractivity contribution in [3.05, 3.63) is 36.0 Å². The molecule has 0 bridgehead atoms. The van der Waals surface area contributed by atoms with E-state index in [1.165, 1.54) is 30.2 Å². The van der Waals surface area contributed by atoms with Crippen molar-refractivity contribution in [2.75, 3.05) is 26.2 Å². The van der Waals surface area contributed by atoms with Crippen molar-refractivity contribution in [2.45, 2.75) is 32.1 Å². The Hall–Kier alpha value is -1.81. The lowest BCUT2D eigenvalue weighted by atomic mass is 10.1. The summed E-state index contributed by atoms with van der Waals surface area (Å²) in [4.78, 5) is 17.6. The van der Waals surface area contributed by atoms with E-state index < -0.39 is 0 Å². The van der Waals surface area contributed by atoms with Crippen LogP contribution in [0, 0.1) is 0 Å². The lowest BCUT2D eigenvalue weighted by Crippen LogP contribution is -2.34. The van der Waals surface area contributed by atoms with Gasteiger partial charge in [-0.2, -0.15) is 0 Å². The lowest BCUT2D eigenvalue weighted by molar-refractivity contribution is -0.121. The van der Waals surface area contributed by atoms with E-state index in [4.69, 9.17) is 0 Å². The topological polar surface area (TPSA) is 48.1 Å². The molecule has 0 aliphatic carbocycles. The molecular weight excluding hydrogens is 274 g/mol. The highest BCUT2D eigenvalue weighted by atomic mass is 16.1. The van der Waals surface area contributed by atoms with Crippen LogP contribution in [0.25, 0.3) is 10.9 Å². The molecule has 1 amide bonds. The maximum absolute atomic E-state index is 11.9. The maximum atomic E-state index is 11.9. The zero-order valence-electron chi connectivity index (χ0n) is 13.1. The molecule has 1 aliphatic heterocycles. The van der Waals surface area contributed by atoms with Gasteiger partial charge in [-0.25, -0.2) is 0 Å². The van der Waals surface area contributed by atoms with Crippen molar-refractivity contribution in [3.63, 3.8) is 0 Å². The van der Waals surface area contributed by atoms with E-state index in [1.54, 1.807) is 0 Å². The van der Waals surface area contributed by atoms with Crippen molar-refractivity contribution >= 4 is 16.8 Å². The summed E-state index contributed by atoms with van der Waals surface area (Å²) in [6.07, 6.45) is 7.44. The van der Waals surface area contributed by atoms with E-state index in [1.807, 2.05) is 12.3 Å². The summed E-state index contributed by atoms with van der Waals surface area (Å²) in [7, 11) is 0. The Morgan fingerprint density at radius 1 is 1.18 bits per heavy atom. The number of piperidine rings is 1. The number of H-pyrrole nitrogens is 1. The first-order chi connectivity index (χ1) is 10.8. The molecular formula is C18H25N3O. The fraction of sp³-hybridized carbons (Fsp3) is 0.500. The Kier molecular flexibility index (Phi) is 5.11. The minimum atomic E-state index is 0.172. The Morgan fingerprint density at radius 3 is 2.86 bits per heavy atom. The zero-order valence-corrected chi connectivity index (χ0v) is 13.1. The fourth-order valence-electron chi connectivity index (χ4n) is 3.21. The molecule has 0 atom stereocenters. The predicted octanol–water partition coefficient (Wildman–Crippen LogP) is 2.70. The van der Waals surface area contributed by atoms with Gasteiger partial charge < -0.3 is 15.2 Å². The summed E-state index contributed by atoms with van der Waals surface area (Å²) in [5.41, 5.74) is 2.43. The van der Waals surface area contributed by atoms with Crippen LogP contribution in [0.1, 0.15) is 31.2 Å². The normalized spacial score (nSPS) is 16.0. The summed E-state index contributed by atoms with van der Waals surface area (Å²) in [6.45, 7) is 3.92. The smallest absolute Gasteiger partial charge is 0.221 e.